The minimum Gasteiger partial charge on any atom is -0.497 e. The van der Waals surface area contributed by atoms with E-state index < -0.39 is 6.10 Å². The maximum Gasteiger partial charge on any atom is 0.142 e. The summed E-state index contributed by atoms with van der Waals surface area (Å²) < 4.78 is 11.1. The Kier molecular flexibility index (Phi) is 10.3. The fourth-order valence-corrected chi connectivity index (χ4v) is 4.89. The molecule has 2 aromatic carbocycles. The number of aromatic nitrogens is 3. The van der Waals surface area contributed by atoms with Crippen molar-refractivity contribution >= 4 is 16.7 Å². The van der Waals surface area contributed by atoms with E-state index in [1.807, 2.05) is 58.3 Å². The molecule has 1 aliphatic rings. The first-order chi connectivity index (χ1) is 18.9. The number of anilines is 1. The molecule has 0 radical (unpaired) electrons. The van der Waals surface area contributed by atoms with Gasteiger partial charge in [-0.25, -0.2) is 4.98 Å². The van der Waals surface area contributed by atoms with Gasteiger partial charge in [0.15, 0.2) is 0 Å². The van der Waals surface area contributed by atoms with Crippen molar-refractivity contribution in [2.45, 2.75) is 60.1 Å². The van der Waals surface area contributed by atoms with Crippen LogP contribution in [0.2, 0.25) is 0 Å². The van der Waals surface area contributed by atoms with Gasteiger partial charge in [0.2, 0.25) is 0 Å². The lowest BCUT2D eigenvalue weighted by Gasteiger charge is -2.37. The molecule has 1 saturated heterocycles. The number of piperidine rings is 1. The van der Waals surface area contributed by atoms with Crippen LogP contribution in [-0.4, -0.2) is 59.5 Å². The van der Waals surface area contributed by atoms with Crippen LogP contribution in [0.1, 0.15) is 45.2 Å². The predicted molar refractivity (Wildman–Crippen MR) is 161 cm³/mol. The van der Waals surface area contributed by atoms with Crippen molar-refractivity contribution in [3.05, 3.63) is 53.9 Å². The molecule has 2 unspecified atom stereocenters. The molecule has 1 aliphatic heterocycles. The number of hydrogen-bond donors (Lipinski definition) is 3. The lowest BCUT2D eigenvalue weighted by atomic mass is 9.97. The van der Waals surface area contributed by atoms with Crippen LogP contribution in [-0.2, 0) is 0 Å². The van der Waals surface area contributed by atoms with Gasteiger partial charge in [0.1, 0.15) is 17.3 Å². The largest absolute Gasteiger partial charge is 0.497 e. The highest BCUT2D eigenvalue weighted by atomic mass is 16.5. The average molecular weight is 534 g/mol. The molecule has 2 atom stereocenters. The second kappa shape index (κ2) is 13.4. The number of nitrogens with one attached hydrogen (secondary N) is 1. The fraction of sp³-hybridized carbons (Fsp3) is 0.419. The van der Waals surface area contributed by atoms with Gasteiger partial charge in [0.25, 0.3) is 0 Å². The lowest BCUT2D eigenvalue weighted by molar-refractivity contribution is 0.132. The smallest absolute Gasteiger partial charge is 0.142 e. The van der Waals surface area contributed by atoms with Crippen molar-refractivity contribution < 1.29 is 14.6 Å². The zero-order chi connectivity index (χ0) is 28.7. The molecule has 3 heterocycles. The molecular formula is C31H43N5O3. The molecule has 2 aromatic heterocycles. The number of fused-ring (bicyclic) bond motifs is 1. The van der Waals surface area contributed by atoms with E-state index in [9.17, 15) is 5.11 Å². The zero-order valence-electron chi connectivity index (χ0n) is 24.5. The first-order valence-corrected chi connectivity index (χ1v) is 13.7. The summed E-state index contributed by atoms with van der Waals surface area (Å²) in [5.74, 6) is 2.11. The SMILES string of the molecule is CC.CC.COc1cc(OC)cc(-c2cncc(-c3nc4c(C)cc(C)cc4[nH]3)c2N2CCC(N)C(O)C2)c1. The topological polar surface area (TPSA) is 110 Å². The molecule has 8 heteroatoms. The number of methoxy groups -OCH3 is 2. The van der Waals surface area contributed by atoms with Crippen molar-refractivity contribution in [3.63, 3.8) is 0 Å². The van der Waals surface area contributed by atoms with Crippen molar-refractivity contribution in [3.8, 4) is 34.0 Å². The van der Waals surface area contributed by atoms with Crippen LogP contribution in [0.15, 0.2) is 42.7 Å². The summed E-state index contributed by atoms with van der Waals surface area (Å²) >= 11 is 0. The van der Waals surface area contributed by atoms with Crippen LogP contribution in [0.5, 0.6) is 11.5 Å². The Bertz CT molecular complexity index is 1360. The van der Waals surface area contributed by atoms with Gasteiger partial charge < -0.3 is 30.2 Å². The van der Waals surface area contributed by atoms with Crippen molar-refractivity contribution in [1.82, 2.24) is 15.0 Å². The summed E-state index contributed by atoms with van der Waals surface area (Å²) in [6.45, 7) is 13.3. The minimum atomic E-state index is -0.627. The number of aryl methyl sites for hydroxylation is 2. The number of ether oxygens (including phenoxy) is 2. The van der Waals surface area contributed by atoms with Gasteiger partial charge in [0, 0.05) is 43.2 Å². The summed E-state index contributed by atoms with van der Waals surface area (Å²) in [5, 5.41) is 10.6. The maximum atomic E-state index is 10.6. The third-order valence-corrected chi connectivity index (χ3v) is 6.71. The number of aliphatic hydroxyl groups is 1. The van der Waals surface area contributed by atoms with Gasteiger partial charge in [-0.15, -0.1) is 0 Å². The van der Waals surface area contributed by atoms with Crippen LogP contribution in [0, 0.1) is 13.8 Å². The van der Waals surface area contributed by atoms with Gasteiger partial charge in [0.05, 0.1) is 42.6 Å². The molecule has 8 nitrogen and oxygen atoms in total. The maximum absolute atomic E-state index is 10.6. The van der Waals surface area contributed by atoms with Crippen LogP contribution in [0.4, 0.5) is 5.69 Å². The van der Waals surface area contributed by atoms with Crippen LogP contribution >= 0.6 is 0 Å². The van der Waals surface area contributed by atoms with E-state index in [2.05, 4.69) is 40.8 Å². The Labute approximate surface area is 232 Å². The number of aromatic amines is 1. The monoisotopic (exact) mass is 533 g/mol. The fourth-order valence-electron chi connectivity index (χ4n) is 4.89. The Morgan fingerprint density at radius 3 is 2.21 bits per heavy atom. The first kappa shape index (κ1) is 29.9. The quantitative estimate of drug-likeness (QED) is 0.294. The molecular weight excluding hydrogens is 490 g/mol. The van der Waals surface area contributed by atoms with E-state index in [-0.39, 0.29) is 6.04 Å². The van der Waals surface area contributed by atoms with Gasteiger partial charge in [-0.1, -0.05) is 33.8 Å². The molecule has 4 N–H and O–H groups in total. The van der Waals surface area contributed by atoms with E-state index in [4.69, 9.17) is 20.2 Å². The molecule has 39 heavy (non-hydrogen) atoms. The predicted octanol–water partition coefficient (Wildman–Crippen LogP) is 5.88. The molecule has 4 aromatic rings. The van der Waals surface area contributed by atoms with Gasteiger partial charge in [-0.05, 0) is 55.2 Å². The standard InChI is InChI=1S/C27H31N5O3.2C2H6/c1-15-7-16(2)25-23(8-15)30-27(31-25)21-13-29-12-20(17-9-18(34-3)11-19(10-17)35-4)26(21)32-6-5-22(28)24(33)14-32;2*1-2/h7-13,22,24,33H,5-6,14,28H2,1-4H3,(H,30,31);2*1-2H3. The lowest BCUT2D eigenvalue weighted by Crippen LogP contribution is -2.50. The number of hydrogen-bond acceptors (Lipinski definition) is 7. The Morgan fingerprint density at radius 1 is 0.949 bits per heavy atom. The van der Waals surface area contributed by atoms with E-state index in [0.717, 1.165) is 44.8 Å². The third-order valence-electron chi connectivity index (χ3n) is 6.71. The summed E-state index contributed by atoms with van der Waals surface area (Å²) in [6.07, 6.45) is 3.73. The second-order valence-electron chi connectivity index (χ2n) is 9.21. The van der Waals surface area contributed by atoms with E-state index in [1.165, 1.54) is 5.56 Å². The number of nitrogens with zero attached hydrogens (tertiary/aromatic N) is 3. The highest BCUT2D eigenvalue weighted by Gasteiger charge is 2.29. The van der Waals surface area contributed by atoms with E-state index >= 15 is 0 Å². The molecule has 5 rings (SSSR count). The van der Waals surface area contributed by atoms with E-state index in [1.54, 1.807) is 14.2 Å². The molecule has 0 bridgehead atoms. The highest BCUT2D eigenvalue weighted by Crippen LogP contribution is 2.41. The van der Waals surface area contributed by atoms with Crippen molar-refractivity contribution in [1.29, 1.82) is 0 Å². The van der Waals surface area contributed by atoms with Crippen LogP contribution in [0.3, 0.4) is 0 Å². The average Bonchev–Trinajstić information content (AvgIpc) is 3.40. The number of benzene rings is 2. The second-order valence-corrected chi connectivity index (χ2v) is 9.21. The number of β-amino-alcohol motifs (C(OH)–C–C–N with tert-alkyl or cyclic N) is 1. The van der Waals surface area contributed by atoms with Gasteiger partial charge >= 0.3 is 0 Å². The zero-order valence-corrected chi connectivity index (χ0v) is 24.5. The summed E-state index contributed by atoms with van der Waals surface area (Å²) in [4.78, 5) is 15.2. The number of aliphatic hydroxyl groups excluding tert-OH is 1. The molecule has 210 valence electrons. The minimum absolute atomic E-state index is 0.242. The number of rotatable bonds is 5. The van der Waals surface area contributed by atoms with Crippen molar-refractivity contribution in [2.75, 3.05) is 32.2 Å². The van der Waals surface area contributed by atoms with Gasteiger partial charge in [-0.2, -0.15) is 0 Å². The molecule has 0 aliphatic carbocycles. The van der Waals surface area contributed by atoms with Crippen LogP contribution < -0.4 is 20.1 Å². The highest BCUT2D eigenvalue weighted by molar-refractivity contribution is 5.92. The van der Waals surface area contributed by atoms with Gasteiger partial charge in [-0.3, -0.25) is 4.98 Å². The number of H-pyrrole nitrogens is 1. The molecule has 0 spiro atoms. The van der Waals surface area contributed by atoms with Crippen molar-refractivity contribution in [2.24, 2.45) is 5.73 Å². The summed E-state index contributed by atoms with van der Waals surface area (Å²) in [5.41, 5.74) is 13.9. The molecule has 0 amide bonds. The molecule has 1 fully saturated rings. The number of pyridine rings is 1. The Morgan fingerprint density at radius 2 is 1.59 bits per heavy atom. The molecule has 0 saturated carbocycles. The van der Waals surface area contributed by atoms with Crippen LogP contribution in [0.25, 0.3) is 33.5 Å². The van der Waals surface area contributed by atoms with E-state index in [0.29, 0.717) is 31.0 Å². The Balaban J connectivity index is 0.00000100. The number of imidazole rings is 1. The first-order valence-electron chi connectivity index (χ1n) is 13.7. The number of nitrogens with two attached hydrogens (primary N) is 1. The summed E-state index contributed by atoms with van der Waals surface area (Å²) in [7, 11) is 3.27. The summed E-state index contributed by atoms with van der Waals surface area (Å²) in [6, 6.07) is 9.76. The third kappa shape index (κ3) is 6.34. The normalized spacial score (nSPS) is 16.6. The Hall–Kier alpha value is -3.62.